The number of hydrogen-bond donors (Lipinski definition) is 0. The van der Waals surface area contributed by atoms with Crippen molar-refractivity contribution >= 4 is 30.9 Å². The number of hydrogen-bond acceptors (Lipinski definition) is 4. The molecule has 0 amide bonds. The second-order valence-electron chi connectivity index (χ2n) is 4.69. The fourth-order valence-electron chi connectivity index (χ4n) is 2.08. The van der Waals surface area contributed by atoms with Crippen molar-refractivity contribution in [1.29, 1.82) is 0 Å². The standard InChI is InChI=1S/C18H15S.6FH.4O.Sb/c1-4-10-16(11-5-1)19(17-12-6-2-7-13-17)18-14-8-3-9-15-18;;;;;;;;;;;/h1-15H;6*1H;;;;;/q+1;;;;;;;;3*-1;/p-6. The Balaban J connectivity index is -0.000000172. The Hall–Kier alpha value is -1.91. The maximum absolute atomic E-state index is 8.64. The Morgan fingerprint density at radius 2 is 0.633 bits per heavy atom. The molecule has 3 aromatic carbocycles. The monoisotopic (exact) mass is 562 g/mol. The molecule has 0 aromatic heterocycles. The van der Waals surface area contributed by atoms with Crippen LogP contribution in [0.4, 0.5) is 0 Å². The van der Waals surface area contributed by atoms with Gasteiger partial charge in [0.15, 0.2) is 14.7 Å². The molecule has 0 unspecified atom stereocenters. The normalized spacial score (nSPS) is 8.67. The van der Waals surface area contributed by atoms with Crippen molar-refractivity contribution in [2.45, 2.75) is 14.7 Å². The SMILES string of the molecule is [F-].[F-].[F-].[F-].[F-].[F-].[O]=[Sb]([O-])([O-])[O-].c1ccc([S+](c2ccccc2)c2ccccc2)cc1. The third-order valence-electron chi connectivity index (χ3n) is 2.94. The van der Waals surface area contributed by atoms with Gasteiger partial charge in [-0.25, -0.2) is 0 Å². The Morgan fingerprint density at radius 3 is 0.800 bits per heavy atom. The van der Waals surface area contributed by atoms with Crippen LogP contribution < -0.4 is 38.4 Å². The van der Waals surface area contributed by atoms with E-state index in [1.54, 1.807) is 0 Å². The third-order valence-corrected chi connectivity index (χ3v) is 5.17. The topological polar surface area (TPSA) is 86.2 Å². The summed E-state index contributed by atoms with van der Waals surface area (Å²) in [6.07, 6.45) is 0. The van der Waals surface area contributed by atoms with Crippen molar-refractivity contribution in [3.63, 3.8) is 0 Å². The molecule has 172 valence electrons. The first-order valence-corrected chi connectivity index (χ1v) is 12.5. The van der Waals surface area contributed by atoms with E-state index in [-0.39, 0.29) is 39.1 Å². The maximum atomic E-state index is 8.64. The van der Waals surface area contributed by atoms with Crippen LogP contribution in [0.5, 0.6) is 0 Å². The minimum Gasteiger partial charge on any atom is -0.0619 e. The average Bonchev–Trinajstić information content (AvgIpc) is 2.57. The van der Waals surface area contributed by atoms with E-state index in [4.69, 9.17) is 13.2 Å². The predicted octanol–water partition coefficient (Wildman–Crippen LogP) is -17.3. The van der Waals surface area contributed by atoms with E-state index in [2.05, 4.69) is 91.0 Å². The largest absolute Gasteiger partial charge is 0.166 e. The fraction of sp³-hybridized carbons (Fsp3) is 0. The summed E-state index contributed by atoms with van der Waals surface area (Å²) < 4.78 is 34.6. The Morgan fingerprint density at radius 1 is 0.467 bits per heavy atom. The molecule has 12 heteroatoms. The number of rotatable bonds is 3. The van der Waals surface area contributed by atoms with Gasteiger partial charge in [-0.3, -0.25) is 0 Å². The summed E-state index contributed by atoms with van der Waals surface area (Å²) in [5.41, 5.74) is 0. The van der Waals surface area contributed by atoms with Crippen LogP contribution in [0.25, 0.3) is 0 Å². The second-order valence-corrected chi connectivity index (χ2v) is 9.27. The summed E-state index contributed by atoms with van der Waals surface area (Å²) in [6, 6.07) is 32.2. The van der Waals surface area contributed by atoms with Crippen LogP contribution in [-0.4, -0.2) is 20.1 Å². The van der Waals surface area contributed by atoms with Gasteiger partial charge < -0.3 is 28.2 Å². The number of halogens is 6. The molecule has 3 aromatic rings. The Labute approximate surface area is 177 Å². The van der Waals surface area contributed by atoms with E-state index in [1.165, 1.54) is 14.7 Å². The number of benzene rings is 3. The summed E-state index contributed by atoms with van der Waals surface area (Å²) in [6.45, 7) is 0. The summed E-state index contributed by atoms with van der Waals surface area (Å²) in [5, 5.41) is 0. The summed E-state index contributed by atoms with van der Waals surface area (Å²) in [4.78, 5) is 4.08. The maximum Gasteiger partial charge on any atom is 0.166 e. The Kier molecular flexibility index (Phi) is 24.6. The quantitative estimate of drug-likeness (QED) is 0.180. The molecule has 0 radical (unpaired) electrons. The van der Waals surface area contributed by atoms with E-state index in [0.717, 1.165) is 0 Å². The molecule has 0 aliphatic heterocycles. The third kappa shape index (κ3) is 14.1. The van der Waals surface area contributed by atoms with Crippen molar-refractivity contribution in [2.24, 2.45) is 0 Å². The molecule has 0 aliphatic rings. The van der Waals surface area contributed by atoms with Crippen LogP contribution in [0, 0.1) is 0 Å². The van der Waals surface area contributed by atoms with E-state index < -0.39 is 20.1 Å². The molecule has 0 N–H and O–H groups in total. The van der Waals surface area contributed by atoms with Gasteiger partial charge in [-0.05, 0) is 36.4 Å². The molecule has 0 heterocycles. The van der Waals surface area contributed by atoms with Gasteiger partial charge in [-0.1, -0.05) is 54.6 Å². The fourth-order valence-corrected chi connectivity index (χ4v) is 4.18. The zero-order chi connectivity index (χ0) is 17.4. The van der Waals surface area contributed by atoms with Gasteiger partial charge >= 0.3 is 33.2 Å². The van der Waals surface area contributed by atoms with Crippen LogP contribution in [0.3, 0.4) is 0 Å². The van der Waals surface area contributed by atoms with E-state index in [1.807, 2.05) is 0 Å². The predicted molar refractivity (Wildman–Crippen MR) is 87.9 cm³/mol. The molecule has 0 saturated heterocycles. The second kappa shape index (κ2) is 19.1. The minimum absolute atomic E-state index is 0. The van der Waals surface area contributed by atoms with Crippen molar-refractivity contribution < 1.29 is 41.4 Å². The van der Waals surface area contributed by atoms with Crippen molar-refractivity contribution in [3.05, 3.63) is 91.0 Å². The van der Waals surface area contributed by atoms with Crippen LogP contribution in [0.15, 0.2) is 106 Å². The van der Waals surface area contributed by atoms with Gasteiger partial charge in [-0.2, -0.15) is 0 Å². The molecule has 0 aliphatic carbocycles. The van der Waals surface area contributed by atoms with Gasteiger partial charge in [0, 0.05) is 0 Å². The molecule has 0 saturated carbocycles. The minimum atomic E-state index is -6.10. The van der Waals surface area contributed by atoms with Gasteiger partial charge in [0.05, 0.1) is 10.9 Å². The molecular formula is C18H15F6O4SSb-8. The molecule has 0 fully saturated rings. The summed E-state index contributed by atoms with van der Waals surface area (Å²) in [7, 11) is -0.0146. The average molecular weight is 563 g/mol. The molecule has 3 rings (SSSR count). The van der Waals surface area contributed by atoms with Crippen LogP contribution in [0.2, 0.25) is 0 Å². The van der Waals surface area contributed by atoms with Crippen LogP contribution in [-0.2, 0) is 13.9 Å². The molecule has 0 bridgehead atoms. The molecule has 30 heavy (non-hydrogen) atoms. The smallest absolute Gasteiger partial charge is 0.0619 e. The Bertz CT molecular complexity index is 695. The van der Waals surface area contributed by atoms with Gasteiger partial charge in [0.2, 0.25) is 0 Å². The molecule has 4 nitrogen and oxygen atoms in total. The first kappa shape index (κ1) is 38.7. The van der Waals surface area contributed by atoms with Gasteiger partial charge in [-0.15, -0.1) is 0 Å². The zero-order valence-electron chi connectivity index (χ0n) is 14.9. The van der Waals surface area contributed by atoms with Crippen molar-refractivity contribution in [3.8, 4) is 0 Å². The molecular weight excluding hydrogens is 548 g/mol. The van der Waals surface area contributed by atoms with Crippen molar-refractivity contribution in [2.75, 3.05) is 0 Å². The first-order chi connectivity index (χ1) is 11.4. The first-order valence-electron chi connectivity index (χ1n) is 7.07. The van der Waals surface area contributed by atoms with E-state index >= 15 is 0 Å². The van der Waals surface area contributed by atoms with E-state index in [0.29, 0.717) is 0 Å². The summed E-state index contributed by atoms with van der Waals surface area (Å²) in [5.74, 6) is 0. The van der Waals surface area contributed by atoms with Crippen LogP contribution in [0.1, 0.15) is 0 Å². The molecule has 0 atom stereocenters. The van der Waals surface area contributed by atoms with Gasteiger partial charge in [0.1, 0.15) is 0 Å². The molecule has 0 spiro atoms. The zero-order valence-corrected chi connectivity index (χ0v) is 18.3. The van der Waals surface area contributed by atoms with E-state index in [9.17, 15) is 0 Å². The summed E-state index contributed by atoms with van der Waals surface area (Å²) >= 11 is -6.10. The van der Waals surface area contributed by atoms with Crippen LogP contribution >= 0.6 is 0 Å². The van der Waals surface area contributed by atoms with Crippen molar-refractivity contribution in [1.82, 2.24) is 0 Å². The van der Waals surface area contributed by atoms with Gasteiger partial charge in [0.25, 0.3) is 0 Å².